The standard InChI is InChI=1S/C22H23N3O5S/c1-5-25(6-2)21(27)17-12(3)16(22(28)29-4)20(31-17)24-19(26)14-11-13-9-7-8-10-15(13)30-18(14)23/h7-11,23H,5-6H2,1-4H3,(H,24,26). The number of nitrogens with one attached hydrogen (secondary N) is 2. The third-order valence-electron chi connectivity index (χ3n) is 4.93. The zero-order valence-electron chi connectivity index (χ0n) is 17.7. The lowest BCUT2D eigenvalue weighted by atomic mass is 10.1. The van der Waals surface area contributed by atoms with Crippen molar-refractivity contribution in [1.29, 1.82) is 5.41 Å². The first-order valence-electron chi connectivity index (χ1n) is 9.72. The van der Waals surface area contributed by atoms with E-state index >= 15 is 0 Å². The quantitative estimate of drug-likeness (QED) is 0.565. The van der Waals surface area contributed by atoms with Crippen LogP contribution in [0.4, 0.5) is 5.00 Å². The maximum absolute atomic E-state index is 12.9. The van der Waals surface area contributed by atoms with E-state index in [2.05, 4.69) is 5.32 Å². The molecule has 3 rings (SSSR count). The van der Waals surface area contributed by atoms with Gasteiger partial charge in [0.2, 0.25) is 5.55 Å². The summed E-state index contributed by atoms with van der Waals surface area (Å²) in [7, 11) is 1.24. The number of nitrogens with zero attached hydrogens (tertiary/aromatic N) is 1. The minimum atomic E-state index is -0.656. The Kier molecular flexibility index (Phi) is 6.55. The Balaban J connectivity index is 2.04. The highest BCUT2D eigenvalue weighted by atomic mass is 32.1. The molecule has 31 heavy (non-hydrogen) atoms. The van der Waals surface area contributed by atoms with Gasteiger partial charge in [-0.3, -0.25) is 15.0 Å². The van der Waals surface area contributed by atoms with E-state index in [1.807, 2.05) is 13.8 Å². The van der Waals surface area contributed by atoms with Gasteiger partial charge in [-0.15, -0.1) is 11.3 Å². The van der Waals surface area contributed by atoms with Gasteiger partial charge in [0.25, 0.3) is 11.8 Å². The average Bonchev–Trinajstić information content (AvgIpc) is 3.08. The molecule has 0 aliphatic heterocycles. The zero-order chi connectivity index (χ0) is 22.7. The number of esters is 1. The summed E-state index contributed by atoms with van der Waals surface area (Å²) in [6.07, 6.45) is 0. The van der Waals surface area contributed by atoms with E-state index in [1.165, 1.54) is 7.11 Å². The summed E-state index contributed by atoms with van der Waals surface area (Å²) in [6.45, 7) is 6.42. The lowest BCUT2D eigenvalue weighted by Crippen LogP contribution is -2.30. The Morgan fingerprint density at radius 3 is 2.52 bits per heavy atom. The number of carbonyl (C=O) groups excluding carboxylic acids is 3. The number of amides is 2. The molecule has 0 aliphatic carbocycles. The van der Waals surface area contributed by atoms with Gasteiger partial charge in [0.1, 0.15) is 16.1 Å². The Bertz CT molecular complexity index is 1220. The van der Waals surface area contributed by atoms with Gasteiger partial charge in [-0.1, -0.05) is 18.2 Å². The summed E-state index contributed by atoms with van der Waals surface area (Å²) < 4.78 is 10.3. The van der Waals surface area contributed by atoms with Crippen molar-refractivity contribution in [1.82, 2.24) is 4.90 Å². The minimum absolute atomic E-state index is 0.0113. The second kappa shape index (κ2) is 9.13. The van der Waals surface area contributed by atoms with Crippen molar-refractivity contribution in [2.75, 3.05) is 25.5 Å². The van der Waals surface area contributed by atoms with Crippen LogP contribution >= 0.6 is 11.3 Å². The van der Waals surface area contributed by atoms with E-state index in [-0.39, 0.29) is 27.6 Å². The molecule has 0 spiro atoms. The molecular weight excluding hydrogens is 418 g/mol. The highest BCUT2D eigenvalue weighted by Crippen LogP contribution is 2.35. The summed E-state index contributed by atoms with van der Waals surface area (Å²) in [4.78, 5) is 40.2. The monoisotopic (exact) mass is 441 g/mol. The average molecular weight is 442 g/mol. The third kappa shape index (κ3) is 4.22. The van der Waals surface area contributed by atoms with Crippen LogP contribution in [0, 0.1) is 12.3 Å². The summed E-state index contributed by atoms with van der Waals surface area (Å²) in [5.41, 5.74) is 0.762. The molecule has 2 amide bonds. The first-order valence-corrected chi connectivity index (χ1v) is 10.5. The predicted octanol–water partition coefficient (Wildman–Crippen LogP) is 3.80. The minimum Gasteiger partial charge on any atom is -0.465 e. The smallest absolute Gasteiger partial charge is 0.341 e. The van der Waals surface area contributed by atoms with Gasteiger partial charge in [-0.05, 0) is 38.5 Å². The molecule has 9 heteroatoms. The molecule has 0 fully saturated rings. The molecule has 8 nitrogen and oxygen atoms in total. The van der Waals surface area contributed by atoms with E-state index in [4.69, 9.17) is 14.6 Å². The Morgan fingerprint density at radius 2 is 1.87 bits per heavy atom. The van der Waals surface area contributed by atoms with Crippen molar-refractivity contribution in [2.24, 2.45) is 0 Å². The Labute approximate surface area is 182 Å². The van der Waals surface area contributed by atoms with Crippen LogP contribution in [0.5, 0.6) is 0 Å². The predicted molar refractivity (Wildman–Crippen MR) is 118 cm³/mol. The van der Waals surface area contributed by atoms with Crippen LogP contribution in [0.15, 0.2) is 34.7 Å². The van der Waals surface area contributed by atoms with Crippen molar-refractivity contribution in [2.45, 2.75) is 20.8 Å². The molecule has 0 bridgehead atoms. The zero-order valence-corrected chi connectivity index (χ0v) is 18.5. The molecule has 2 aromatic heterocycles. The van der Waals surface area contributed by atoms with Crippen LogP contribution in [0.2, 0.25) is 0 Å². The van der Waals surface area contributed by atoms with Crippen LogP contribution in [0.1, 0.15) is 49.8 Å². The van der Waals surface area contributed by atoms with E-state index in [1.54, 1.807) is 42.2 Å². The number of thiophene rings is 1. The summed E-state index contributed by atoms with van der Waals surface area (Å²) in [5.74, 6) is -1.50. The molecule has 0 saturated heterocycles. The molecule has 2 heterocycles. The van der Waals surface area contributed by atoms with Gasteiger partial charge >= 0.3 is 5.97 Å². The number of benzene rings is 1. The molecule has 0 aliphatic rings. The van der Waals surface area contributed by atoms with Gasteiger partial charge in [-0.25, -0.2) is 4.79 Å². The third-order valence-corrected chi connectivity index (χ3v) is 6.12. The second-order valence-electron chi connectivity index (χ2n) is 6.71. The van der Waals surface area contributed by atoms with Crippen LogP contribution < -0.4 is 10.9 Å². The van der Waals surface area contributed by atoms with Gasteiger partial charge in [0, 0.05) is 18.5 Å². The van der Waals surface area contributed by atoms with E-state index in [0.717, 1.165) is 11.3 Å². The van der Waals surface area contributed by atoms with Crippen molar-refractivity contribution in [3.63, 3.8) is 0 Å². The highest BCUT2D eigenvalue weighted by Gasteiger charge is 2.28. The fourth-order valence-electron chi connectivity index (χ4n) is 3.23. The van der Waals surface area contributed by atoms with Gasteiger partial charge in [0.05, 0.1) is 17.6 Å². The van der Waals surface area contributed by atoms with Crippen molar-refractivity contribution in [3.8, 4) is 0 Å². The maximum atomic E-state index is 12.9. The Hall–Kier alpha value is -3.46. The van der Waals surface area contributed by atoms with E-state index in [0.29, 0.717) is 34.5 Å². The van der Waals surface area contributed by atoms with Gasteiger partial charge < -0.3 is 19.4 Å². The highest BCUT2D eigenvalue weighted by molar-refractivity contribution is 7.18. The van der Waals surface area contributed by atoms with E-state index < -0.39 is 11.9 Å². The first-order chi connectivity index (χ1) is 14.8. The largest absolute Gasteiger partial charge is 0.465 e. The van der Waals surface area contributed by atoms with Gasteiger partial charge in [-0.2, -0.15) is 0 Å². The van der Waals surface area contributed by atoms with Crippen molar-refractivity contribution in [3.05, 3.63) is 57.5 Å². The fraction of sp³-hybridized carbons (Fsp3) is 0.273. The number of fused-ring (bicyclic) bond motifs is 1. The molecule has 2 N–H and O–H groups in total. The van der Waals surface area contributed by atoms with Crippen LogP contribution in [0.25, 0.3) is 11.0 Å². The molecular formula is C22H23N3O5S. The summed E-state index contributed by atoms with van der Waals surface area (Å²) in [5, 5.41) is 11.6. The van der Waals surface area contributed by atoms with Crippen molar-refractivity contribution < 1.29 is 23.5 Å². The number of hydrogen-bond donors (Lipinski definition) is 2. The molecule has 0 radical (unpaired) electrons. The van der Waals surface area contributed by atoms with Crippen LogP contribution in [0.3, 0.4) is 0 Å². The number of para-hydroxylation sites is 1. The number of rotatable bonds is 6. The fourth-order valence-corrected chi connectivity index (χ4v) is 4.38. The van der Waals surface area contributed by atoms with Gasteiger partial charge in [0.15, 0.2) is 0 Å². The lowest BCUT2D eigenvalue weighted by Gasteiger charge is -2.17. The number of anilines is 1. The normalized spacial score (nSPS) is 10.7. The summed E-state index contributed by atoms with van der Waals surface area (Å²) >= 11 is 1.01. The lowest BCUT2D eigenvalue weighted by molar-refractivity contribution is 0.0601. The number of carbonyl (C=O) groups is 3. The van der Waals surface area contributed by atoms with E-state index in [9.17, 15) is 14.4 Å². The SMILES string of the molecule is CCN(CC)C(=O)c1sc(NC(=O)c2cc3ccccc3oc2=N)c(C(=O)OC)c1C. The molecule has 162 valence electrons. The molecule has 0 unspecified atom stereocenters. The Morgan fingerprint density at radius 1 is 1.19 bits per heavy atom. The summed E-state index contributed by atoms with van der Waals surface area (Å²) in [6, 6.07) is 8.60. The first kappa shape index (κ1) is 22.2. The van der Waals surface area contributed by atoms with Crippen LogP contribution in [-0.4, -0.2) is 42.9 Å². The molecule has 0 atom stereocenters. The molecule has 0 saturated carbocycles. The number of ether oxygens (including phenoxy) is 1. The van der Waals surface area contributed by atoms with Crippen LogP contribution in [-0.2, 0) is 4.74 Å². The number of methoxy groups -OCH3 is 1. The van der Waals surface area contributed by atoms with Crippen molar-refractivity contribution >= 4 is 45.1 Å². The second-order valence-corrected chi connectivity index (χ2v) is 7.73. The maximum Gasteiger partial charge on any atom is 0.341 e. The number of hydrogen-bond acceptors (Lipinski definition) is 7. The molecule has 3 aromatic rings. The topological polar surface area (TPSA) is 113 Å². The molecule has 1 aromatic carbocycles.